The van der Waals surface area contributed by atoms with Gasteiger partial charge >= 0.3 is 0 Å². The van der Waals surface area contributed by atoms with Gasteiger partial charge in [0.15, 0.2) is 0 Å². The SMILES string of the molecule is CCCC1(OCCO)CC2(C)CCCC(CN/C=C\C=N)(C2)C1. The summed E-state index contributed by atoms with van der Waals surface area (Å²) in [5.41, 5.74) is 0.564. The molecule has 2 aliphatic rings. The number of rotatable bonds is 9. The Morgan fingerprint density at radius 1 is 1.26 bits per heavy atom. The molecule has 2 aliphatic carbocycles. The van der Waals surface area contributed by atoms with E-state index in [1.54, 1.807) is 6.08 Å². The Bertz CT molecular complexity index is 426. The second-order valence-electron chi connectivity index (χ2n) is 8.11. The number of nitrogens with one attached hydrogen (secondary N) is 2. The van der Waals surface area contributed by atoms with Gasteiger partial charge in [-0.2, -0.15) is 0 Å². The predicted molar refractivity (Wildman–Crippen MR) is 94.8 cm³/mol. The van der Waals surface area contributed by atoms with E-state index in [1.807, 2.05) is 6.20 Å². The summed E-state index contributed by atoms with van der Waals surface area (Å²) >= 11 is 0. The highest BCUT2D eigenvalue weighted by atomic mass is 16.5. The van der Waals surface area contributed by atoms with Gasteiger partial charge in [-0.25, -0.2) is 0 Å². The summed E-state index contributed by atoms with van der Waals surface area (Å²) in [5, 5.41) is 19.8. The maximum Gasteiger partial charge on any atom is 0.0705 e. The van der Waals surface area contributed by atoms with E-state index in [0.717, 1.165) is 32.2 Å². The number of hydrogen-bond donors (Lipinski definition) is 3. The highest BCUT2D eigenvalue weighted by molar-refractivity contribution is 5.67. The van der Waals surface area contributed by atoms with Crippen molar-refractivity contribution >= 4 is 6.21 Å². The molecule has 4 heteroatoms. The maximum absolute atomic E-state index is 9.24. The lowest BCUT2D eigenvalue weighted by Gasteiger charge is -2.58. The molecule has 3 unspecified atom stereocenters. The summed E-state index contributed by atoms with van der Waals surface area (Å²) in [6.07, 6.45) is 14.5. The van der Waals surface area contributed by atoms with Crippen LogP contribution in [0.4, 0.5) is 0 Å². The zero-order valence-electron chi connectivity index (χ0n) is 14.9. The number of aliphatic hydroxyl groups excluding tert-OH is 1. The fraction of sp³-hybridized carbons (Fsp3) is 0.842. The van der Waals surface area contributed by atoms with Gasteiger partial charge in [-0.15, -0.1) is 0 Å². The first-order chi connectivity index (χ1) is 11.0. The Morgan fingerprint density at radius 3 is 2.78 bits per heavy atom. The highest BCUT2D eigenvalue weighted by Crippen LogP contribution is 2.60. The van der Waals surface area contributed by atoms with Crippen molar-refractivity contribution in [1.29, 1.82) is 5.41 Å². The second-order valence-corrected chi connectivity index (χ2v) is 8.11. The van der Waals surface area contributed by atoms with Crippen LogP contribution in [-0.4, -0.2) is 36.7 Å². The van der Waals surface area contributed by atoms with Gasteiger partial charge in [0.2, 0.25) is 0 Å². The summed E-state index contributed by atoms with van der Waals surface area (Å²) in [6.45, 7) is 6.18. The van der Waals surface area contributed by atoms with E-state index in [-0.39, 0.29) is 17.6 Å². The van der Waals surface area contributed by atoms with E-state index in [1.165, 1.54) is 31.9 Å². The van der Waals surface area contributed by atoms with Crippen LogP contribution in [0.3, 0.4) is 0 Å². The standard InChI is InChI=1S/C19H34N2O2/c1-3-6-19(23-12-11-22)14-17(2)7-4-8-18(13-17,15-19)16-21-10-5-9-20/h5,9-10,20-22H,3-4,6-8,11-16H2,1-2H3/b10-5-,20-9?. The molecule has 4 nitrogen and oxygen atoms in total. The fourth-order valence-electron chi connectivity index (χ4n) is 5.47. The van der Waals surface area contributed by atoms with Crippen molar-refractivity contribution in [1.82, 2.24) is 5.32 Å². The molecule has 0 aliphatic heterocycles. The van der Waals surface area contributed by atoms with Crippen LogP contribution in [-0.2, 0) is 4.74 Å². The van der Waals surface area contributed by atoms with Crippen molar-refractivity contribution in [3.05, 3.63) is 12.3 Å². The lowest BCUT2D eigenvalue weighted by atomic mass is 9.51. The summed E-state index contributed by atoms with van der Waals surface area (Å²) < 4.78 is 6.28. The number of ether oxygens (including phenoxy) is 1. The van der Waals surface area contributed by atoms with Crippen molar-refractivity contribution in [2.24, 2.45) is 10.8 Å². The molecule has 0 aromatic rings. The van der Waals surface area contributed by atoms with E-state index in [0.29, 0.717) is 12.0 Å². The zero-order chi connectivity index (χ0) is 16.8. The van der Waals surface area contributed by atoms with Gasteiger partial charge in [-0.1, -0.05) is 26.7 Å². The molecule has 2 bridgehead atoms. The van der Waals surface area contributed by atoms with Gasteiger partial charge in [0.25, 0.3) is 0 Å². The zero-order valence-corrected chi connectivity index (χ0v) is 14.9. The van der Waals surface area contributed by atoms with Crippen molar-refractivity contribution < 1.29 is 9.84 Å². The molecule has 0 aromatic carbocycles. The van der Waals surface area contributed by atoms with Crippen LogP contribution in [0.2, 0.25) is 0 Å². The molecule has 0 radical (unpaired) electrons. The van der Waals surface area contributed by atoms with Gasteiger partial charge < -0.3 is 20.6 Å². The minimum Gasteiger partial charge on any atom is -0.394 e. The van der Waals surface area contributed by atoms with Crippen LogP contribution < -0.4 is 5.32 Å². The van der Waals surface area contributed by atoms with Gasteiger partial charge in [0.05, 0.1) is 18.8 Å². The van der Waals surface area contributed by atoms with E-state index in [4.69, 9.17) is 10.1 Å². The minimum absolute atomic E-state index is 0.0716. The summed E-state index contributed by atoms with van der Waals surface area (Å²) in [7, 11) is 0. The molecule has 0 aromatic heterocycles. The predicted octanol–water partition coefficient (Wildman–Crippen LogP) is 3.65. The first-order valence-corrected chi connectivity index (χ1v) is 9.15. The van der Waals surface area contributed by atoms with Gasteiger partial charge in [0, 0.05) is 12.8 Å². The molecule has 2 saturated carbocycles. The first-order valence-electron chi connectivity index (χ1n) is 9.15. The van der Waals surface area contributed by atoms with Crippen molar-refractivity contribution in [2.75, 3.05) is 19.8 Å². The van der Waals surface area contributed by atoms with Crippen LogP contribution in [0, 0.1) is 16.2 Å². The molecule has 23 heavy (non-hydrogen) atoms. The lowest BCUT2D eigenvalue weighted by molar-refractivity contribution is -0.164. The third-order valence-electron chi connectivity index (χ3n) is 5.73. The molecule has 0 amide bonds. The molecular formula is C19H34N2O2. The summed E-state index contributed by atoms with van der Waals surface area (Å²) in [6, 6.07) is 0. The maximum atomic E-state index is 9.24. The van der Waals surface area contributed by atoms with Gasteiger partial charge in [-0.05, 0) is 61.6 Å². The van der Waals surface area contributed by atoms with E-state index in [9.17, 15) is 5.11 Å². The average molecular weight is 322 g/mol. The smallest absolute Gasteiger partial charge is 0.0705 e. The Morgan fingerprint density at radius 2 is 2.09 bits per heavy atom. The highest BCUT2D eigenvalue weighted by Gasteiger charge is 2.54. The summed E-state index contributed by atoms with van der Waals surface area (Å²) in [5.74, 6) is 0. The molecule has 3 atom stereocenters. The second kappa shape index (κ2) is 7.80. The molecule has 0 spiro atoms. The van der Waals surface area contributed by atoms with Crippen molar-refractivity contribution in [3.8, 4) is 0 Å². The molecule has 2 fully saturated rings. The Hall–Kier alpha value is -0.870. The molecule has 0 saturated heterocycles. The topological polar surface area (TPSA) is 65.3 Å². The quantitative estimate of drug-likeness (QED) is 0.568. The monoisotopic (exact) mass is 322 g/mol. The number of hydrogen-bond acceptors (Lipinski definition) is 4. The lowest BCUT2D eigenvalue weighted by Crippen LogP contribution is -2.55. The van der Waals surface area contributed by atoms with Gasteiger partial charge in [0.1, 0.15) is 0 Å². The van der Waals surface area contributed by atoms with Crippen LogP contribution in [0.25, 0.3) is 0 Å². The van der Waals surface area contributed by atoms with E-state index < -0.39 is 0 Å². The normalized spacial score (nSPS) is 37.0. The number of fused-ring (bicyclic) bond motifs is 2. The van der Waals surface area contributed by atoms with E-state index >= 15 is 0 Å². The first kappa shape index (κ1) is 18.5. The minimum atomic E-state index is -0.0716. The van der Waals surface area contributed by atoms with E-state index in [2.05, 4.69) is 19.2 Å². The van der Waals surface area contributed by atoms with Crippen LogP contribution in [0.15, 0.2) is 12.3 Å². The van der Waals surface area contributed by atoms with Gasteiger partial charge in [-0.3, -0.25) is 0 Å². The number of allylic oxidation sites excluding steroid dienone is 1. The molecule has 0 heterocycles. The summed E-state index contributed by atoms with van der Waals surface area (Å²) in [4.78, 5) is 0. The fourth-order valence-corrected chi connectivity index (χ4v) is 5.47. The molecule has 3 N–H and O–H groups in total. The van der Waals surface area contributed by atoms with Crippen LogP contribution >= 0.6 is 0 Å². The largest absolute Gasteiger partial charge is 0.394 e. The Balaban J connectivity index is 2.18. The van der Waals surface area contributed by atoms with Crippen LogP contribution in [0.1, 0.15) is 65.2 Å². The molecule has 2 rings (SSSR count). The molecular weight excluding hydrogens is 288 g/mol. The molecule has 132 valence electrons. The third kappa shape index (κ3) is 4.57. The van der Waals surface area contributed by atoms with Crippen LogP contribution in [0.5, 0.6) is 0 Å². The number of aliphatic hydroxyl groups is 1. The Kier molecular flexibility index (Phi) is 6.26. The van der Waals surface area contributed by atoms with Crippen molar-refractivity contribution in [2.45, 2.75) is 70.8 Å². The third-order valence-corrected chi connectivity index (χ3v) is 5.73. The average Bonchev–Trinajstić information content (AvgIpc) is 2.49. The Labute approximate surface area is 141 Å². The van der Waals surface area contributed by atoms with Crippen molar-refractivity contribution in [3.63, 3.8) is 0 Å².